The van der Waals surface area contributed by atoms with E-state index in [4.69, 9.17) is 14.6 Å². The van der Waals surface area contributed by atoms with Crippen LogP contribution in [0.25, 0.3) is 0 Å². The zero-order chi connectivity index (χ0) is 10.7. The molecule has 1 rings (SSSR count). The average Bonchev–Trinajstić information content (AvgIpc) is 2.43. The standard InChI is InChI=1S/C9H17NO4/c1-5(2)10-7-6(4-11)14-9(13-3)8(7)12/h6-9,11-12H,4H2,1-3H3/t6-,7-,8-,9+/m1/s1. The summed E-state index contributed by atoms with van der Waals surface area (Å²) in [6.45, 7) is 3.50. The maximum absolute atomic E-state index is 9.73. The van der Waals surface area contributed by atoms with Crippen LogP contribution in [0.5, 0.6) is 0 Å². The lowest BCUT2D eigenvalue weighted by atomic mass is 10.1. The number of hydrogen-bond donors (Lipinski definition) is 2. The third kappa shape index (κ3) is 2.30. The topological polar surface area (TPSA) is 71.3 Å². The number of methoxy groups -OCH3 is 1. The first-order valence-electron chi connectivity index (χ1n) is 4.58. The zero-order valence-corrected chi connectivity index (χ0v) is 8.67. The van der Waals surface area contributed by atoms with Crippen LogP contribution in [0.15, 0.2) is 4.99 Å². The zero-order valence-electron chi connectivity index (χ0n) is 8.67. The van der Waals surface area contributed by atoms with Gasteiger partial charge >= 0.3 is 0 Å². The van der Waals surface area contributed by atoms with Gasteiger partial charge in [0.05, 0.1) is 6.61 Å². The molecular formula is C9H17NO4. The Kier molecular flexibility index (Phi) is 4.00. The Bertz CT molecular complexity index is 213. The molecule has 0 aromatic heterocycles. The number of hydrogen-bond acceptors (Lipinski definition) is 5. The van der Waals surface area contributed by atoms with E-state index in [2.05, 4.69) is 4.99 Å². The summed E-state index contributed by atoms with van der Waals surface area (Å²) in [6.07, 6.45) is -1.99. The molecule has 1 fully saturated rings. The van der Waals surface area contributed by atoms with E-state index in [1.165, 1.54) is 7.11 Å². The fourth-order valence-electron chi connectivity index (χ4n) is 1.52. The van der Waals surface area contributed by atoms with Crippen LogP contribution in [0.3, 0.4) is 0 Å². The highest BCUT2D eigenvalue weighted by Gasteiger charge is 2.43. The van der Waals surface area contributed by atoms with Gasteiger partial charge in [-0.1, -0.05) is 0 Å². The van der Waals surface area contributed by atoms with E-state index < -0.39 is 24.5 Å². The smallest absolute Gasteiger partial charge is 0.185 e. The molecule has 1 saturated heterocycles. The fourth-order valence-corrected chi connectivity index (χ4v) is 1.52. The molecule has 0 aromatic rings. The van der Waals surface area contributed by atoms with Crippen molar-refractivity contribution in [3.05, 3.63) is 0 Å². The Morgan fingerprint density at radius 3 is 2.57 bits per heavy atom. The second-order valence-corrected chi connectivity index (χ2v) is 3.52. The lowest BCUT2D eigenvalue weighted by Gasteiger charge is -2.14. The van der Waals surface area contributed by atoms with E-state index in [-0.39, 0.29) is 6.61 Å². The fraction of sp³-hybridized carbons (Fsp3) is 0.889. The van der Waals surface area contributed by atoms with Crippen molar-refractivity contribution in [2.24, 2.45) is 4.99 Å². The minimum Gasteiger partial charge on any atom is -0.394 e. The van der Waals surface area contributed by atoms with Crippen molar-refractivity contribution in [1.82, 2.24) is 0 Å². The molecule has 5 heteroatoms. The summed E-state index contributed by atoms with van der Waals surface area (Å²) in [5.41, 5.74) is 0.841. The average molecular weight is 203 g/mol. The summed E-state index contributed by atoms with van der Waals surface area (Å²) >= 11 is 0. The molecule has 1 heterocycles. The second kappa shape index (κ2) is 4.84. The molecule has 1 aliphatic rings. The highest BCUT2D eigenvalue weighted by Crippen LogP contribution is 2.24. The molecule has 4 atom stereocenters. The van der Waals surface area contributed by atoms with Crippen molar-refractivity contribution in [3.63, 3.8) is 0 Å². The summed E-state index contributed by atoms with van der Waals surface area (Å²) in [4.78, 5) is 4.21. The van der Waals surface area contributed by atoms with Gasteiger partial charge in [0.15, 0.2) is 6.29 Å². The Morgan fingerprint density at radius 2 is 2.14 bits per heavy atom. The van der Waals surface area contributed by atoms with Crippen molar-refractivity contribution in [2.45, 2.75) is 38.4 Å². The first-order chi connectivity index (χ1) is 6.60. The van der Waals surface area contributed by atoms with Gasteiger partial charge in [0.1, 0.15) is 18.2 Å². The monoisotopic (exact) mass is 203 g/mol. The van der Waals surface area contributed by atoms with Gasteiger partial charge in [0.25, 0.3) is 0 Å². The lowest BCUT2D eigenvalue weighted by Crippen LogP contribution is -2.33. The Balaban J connectivity index is 2.75. The molecule has 0 radical (unpaired) electrons. The van der Waals surface area contributed by atoms with Crippen LogP contribution >= 0.6 is 0 Å². The molecular weight excluding hydrogens is 186 g/mol. The van der Waals surface area contributed by atoms with Gasteiger partial charge in [-0.15, -0.1) is 0 Å². The molecule has 0 aromatic carbocycles. The number of aliphatic imine (C=N–C) groups is 1. The van der Waals surface area contributed by atoms with E-state index in [0.29, 0.717) is 0 Å². The van der Waals surface area contributed by atoms with Crippen LogP contribution in [0.4, 0.5) is 0 Å². The normalized spacial score (nSPS) is 37.2. The van der Waals surface area contributed by atoms with Gasteiger partial charge in [0, 0.05) is 12.8 Å². The van der Waals surface area contributed by atoms with Gasteiger partial charge < -0.3 is 19.7 Å². The molecule has 0 spiro atoms. The number of rotatable bonds is 3. The number of aliphatic hydroxyl groups is 2. The molecule has 1 aliphatic heterocycles. The van der Waals surface area contributed by atoms with E-state index >= 15 is 0 Å². The quantitative estimate of drug-likeness (QED) is 0.610. The maximum Gasteiger partial charge on any atom is 0.185 e. The minimum absolute atomic E-state index is 0.168. The summed E-state index contributed by atoms with van der Waals surface area (Å²) in [5.74, 6) is 0. The van der Waals surface area contributed by atoms with Crippen LogP contribution in [0.2, 0.25) is 0 Å². The molecule has 0 unspecified atom stereocenters. The maximum atomic E-state index is 9.73. The molecule has 0 saturated carbocycles. The number of nitrogens with zero attached hydrogens (tertiary/aromatic N) is 1. The predicted octanol–water partition coefficient (Wildman–Crippen LogP) is -0.440. The molecule has 0 aliphatic carbocycles. The van der Waals surface area contributed by atoms with Gasteiger partial charge in [-0.3, -0.25) is 4.99 Å². The predicted molar refractivity (Wildman–Crippen MR) is 51.3 cm³/mol. The van der Waals surface area contributed by atoms with Crippen LogP contribution in [-0.2, 0) is 9.47 Å². The molecule has 2 N–H and O–H groups in total. The van der Waals surface area contributed by atoms with Crippen LogP contribution < -0.4 is 0 Å². The van der Waals surface area contributed by atoms with Gasteiger partial charge in [-0.25, -0.2) is 0 Å². The minimum atomic E-state index is -0.813. The lowest BCUT2D eigenvalue weighted by molar-refractivity contribution is -0.153. The highest BCUT2D eigenvalue weighted by atomic mass is 16.7. The van der Waals surface area contributed by atoms with Crippen molar-refractivity contribution in [1.29, 1.82) is 0 Å². The van der Waals surface area contributed by atoms with Crippen LogP contribution in [0, 0.1) is 0 Å². The highest BCUT2D eigenvalue weighted by molar-refractivity contribution is 5.79. The van der Waals surface area contributed by atoms with Gasteiger partial charge in [-0.05, 0) is 13.8 Å². The Labute approximate surface area is 83.4 Å². The summed E-state index contributed by atoms with van der Waals surface area (Å²) in [7, 11) is 1.45. The van der Waals surface area contributed by atoms with E-state index in [1.807, 2.05) is 13.8 Å². The van der Waals surface area contributed by atoms with E-state index in [1.54, 1.807) is 0 Å². The summed E-state index contributed by atoms with van der Waals surface area (Å²) < 4.78 is 10.2. The van der Waals surface area contributed by atoms with Crippen LogP contribution in [-0.4, -0.2) is 54.2 Å². The summed E-state index contributed by atoms with van der Waals surface area (Å²) in [5, 5.41) is 18.8. The van der Waals surface area contributed by atoms with Gasteiger partial charge in [-0.2, -0.15) is 0 Å². The van der Waals surface area contributed by atoms with Crippen molar-refractivity contribution >= 4 is 5.71 Å². The molecule has 82 valence electrons. The Morgan fingerprint density at radius 1 is 1.50 bits per heavy atom. The molecule has 14 heavy (non-hydrogen) atoms. The van der Waals surface area contributed by atoms with Crippen LogP contribution in [0.1, 0.15) is 13.8 Å². The van der Waals surface area contributed by atoms with E-state index in [0.717, 1.165) is 5.71 Å². The van der Waals surface area contributed by atoms with Crippen molar-refractivity contribution < 1.29 is 19.7 Å². The first-order valence-corrected chi connectivity index (χ1v) is 4.58. The number of ether oxygens (including phenoxy) is 2. The number of aliphatic hydroxyl groups excluding tert-OH is 2. The second-order valence-electron chi connectivity index (χ2n) is 3.52. The molecule has 5 nitrogen and oxygen atoms in total. The van der Waals surface area contributed by atoms with Gasteiger partial charge in [0.2, 0.25) is 0 Å². The third-order valence-electron chi connectivity index (χ3n) is 2.14. The largest absolute Gasteiger partial charge is 0.394 e. The Hall–Kier alpha value is -0.490. The summed E-state index contributed by atoms with van der Waals surface area (Å²) in [6, 6.07) is -0.435. The molecule has 0 amide bonds. The van der Waals surface area contributed by atoms with Crippen molar-refractivity contribution in [2.75, 3.05) is 13.7 Å². The third-order valence-corrected chi connectivity index (χ3v) is 2.14. The molecule has 0 bridgehead atoms. The SMILES string of the molecule is CO[C@H]1O[C@H](CO)[C@@H](N=C(C)C)[C@H]1O. The van der Waals surface area contributed by atoms with E-state index in [9.17, 15) is 5.11 Å². The first kappa shape index (κ1) is 11.6. The van der Waals surface area contributed by atoms with Crippen molar-refractivity contribution in [3.8, 4) is 0 Å².